The van der Waals surface area contributed by atoms with Crippen LogP contribution in [0.15, 0.2) is 47.1 Å². The van der Waals surface area contributed by atoms with Crippen LogP contribution >= 0.6 is 0 Å². The summed E-state index contributed by atoms with van der Waals surface area (Å²) in [5.41, 5.74) is 7.68. The second-order valence-electron chi connectivity index (χ2n) is 6.31. The van der Waals surface area contributed by atoms with Gasteiger partial charge in [-0.3, -0.25) is 4.79 Å². The lowest BCUT2D eigenvalue weighted by Gasteiger charge is -2.31. The standard InChI is InChI=1S/C20H22N2O3/c1-2-3-11-24-14-9-7-13(8-10-14)18-15(12-21)20(22)25-17-6-4-5-16(23)19(17)18/h7-10,18H,2-6,11,22H2,1H3. The zero-order valence-electron chi connectivity index (χ0n) is 14.4. The molecular weight excluding hydrogens is 316 g/mol. The lowest BCUT2D eigenvalue weighted by Crippen LogP contribution is -2.27. The summed E-state index contributed by atoms with van der Waals surface area (Å²) in [6, 6.07) is 9.67. The van der Waals surface area contributed by atoms with E-state index in [9.17, 15) is 10.1 Å². The number of benzene rings is 1. The van der Waals surface area contributed by atoms with E-state index in [1.54, 1.807) is 0 Å². The Morgan fingerprint density at radius 2 is 2.08 bits per heavy atom. The third-order valence-electron chi connectivity index (χ3n) is 4.58. The van der Waals surface area contributed by atoms with Gasteiger partial charge in [-0.2, -0.15) is 5.26 Å². The highest BCUT2D eigenvalue weighted by molar-refractivity contribution is 5.99. The van der Waals surface area contributed by atoms with Gasteiger partial charge in [-0.15, -0.1) is 0 Å². The highest BCUT2D eigenvalue weighted by atomic mass is 16.5. The van der Waals surface area contributed by atoms with Crippen molar-refractivity contribution < 1.29 is 14.3 Å². The molecule has 2 aliphatic rings. The number of ketones is 1. The van der Waals surface area contributed by atoms with Crippen molar-refractivity contribution in [1.82, 2.24) is 0 Å². The van der Waals surface area contributed by atoms with Crippen LogP contribution in [0, 0.1) is 11.3 Å². The third-order valence-corrected chi connectivity index (χ3v) is 4.58. The number of rotatable bonds is 5. The number of hydrogen-bond acceptors (Lipinski definition) is 5. The Kier molecular flexibility index (Phi) is 5.08. The normalized spacial score (nSPS) is 20.0. The minimum atomic E-state index is -0.453. The molecule has 3 rings (SSSR count). The van der Waals surface area contributed by atoms with Crippen molar-refractivity contribution in [2.45, 2.75) is 44.9 Å². The highest BCUT2D eigenvalue weighted by Gasteiger charge is 2.37. The van der Waals surface area contributed by atoms with E-state index in [4.69, 9.17) is 15.2 Å². The summed E-state index contributed by atoms with van der Waals surface area (Å²) in [5.74, 6) is 1.08. The number of hydrogen-bond donors (Lipinski definition) is 1. The van der Waals surface area contributed by atoms with Crippen molar-refractivity contribution >= 4 is 5.78 Å². The summed E-state index contributed by atoms with van der Waals surface area (Å²) < 4.78 is 11.3. The molecule has 1 unspecified atom stereocenters. The fourth-order valence-electron chi connectivity index (χ4n) is 3.28. The van der Waals surface area contributed by atoms with Crippen molar-refractivity contribution in [3.8, 4) is 11.8 Å². The van der Waals surface area contributed by atoms with Crippen LogP contribution in [0.1, 0.15) is 50.5 Å². The van der Waals surface area contributed by atoms with Crippen LogP contribution in [0.25, 0.3) is 0 Å². The van der Waals surface area contributed by atoms with Gasteiger partial charge in [0.1, 0.15) is 23.2 Å². The first-order valence-electron chi connectivity index (χ1n) is 8.72. The van der Waals surface area contributed by atoms with Gasteiger partial charge in [0.05, 0.1) is 12.5 Å². The van der Waals surface area contributed by atoms with Gasteiger partial charge >= 0.3 is 0 Å². The van der Waals surface area contributed by atoms with Crippen LogP contribution in [-0.4, -0.2) is 12.4 Å². The molecule has 5 heteroatoms. The summed E-state index contributed by atoms with van der Waals surface area (Å²) in [6.07, 6.45) is 3.99. The Bertz CT molecular complexity index is 769. The van der Waals surface area contributed by atoms with E-state index in [-0.39, 0.29) is 11.7 Å². The summed E-state index contributed by atoms with van der Waals surface area (Å²) >= 11 is 0. The van der Waals surface area contributed by atoms with Gasteiger partial charge in [0.15, 0.2) is 5.78 Å². The zero-order valence-corrected chi connectivity index (χ0v) is 14.4. The monoisotopic (exact) mass is 338 g/mol. The maximum atomic E-state index is 12.5. The average Bonchev–Trinajstić information content (AvgIpc) is 2.62. The Morgan fingerprint density at radius 3 is 2.76 bits per heavy atom. The molecule has 1 atom stereocenters. The molecule has 25 heavy (non-hydrogen) atoms. The number of ether oxygens (including phenoxy) is 2. The Hall–Kier alpha value is -2.74. The SMILES string of the molecule is CCCCOc1ccc(C2C(C#N)=C(N)OC3=C2C(=O)CCC3)cc1. The molecule has 0 amide bonds. The Balaban J connectivity index is 1.94. The lowest BCUT2D eigenvalue weighted by molar-refractivity contribution is -0.116. The number of nitrogens with two attached hydrogens (primary N) is 1. The number of nitrogens with zero attached hydrogens (tertiary/aromatic N) is 1. The summed E-state index contributed by atoms with van der Waals surface area (Å²) in [6.45, 7) is 2.79. The molecular formula is C20H22N2O3. The van der Waals surface area contributed by atoms with Crippen LogP contribution in [-0.2, 0) is 9.53 Å². The van der Waals surface area contributed by atoms with Gasteiger partial charge in [0.25, 0.3) is 0 Å². The number of Topliss-reactive ketones (excluding diaryl/α,β-unsaturated/α-hetero) is 1. The minimum absolute atomic E-state index is 0.0368. The molecule has 0 radical (unpaired) electrons. The van der Waals surface area contributed by atoms with Crippen LogP contribution in [0.5, 0.6) is 5.75 Å². The van der Waals surface area contributed by atoms with E-state index in [1.807, 2.05) is 24.3 Å². The predicted molar refractivity (Wildman–Crippen MR) is 93.4 cm³/mol. The van der Waals surface area contributed by atoms with E-state index in [0.29, 0.717) is 36.4 Å². The highest BCUT2D eigenvalue weighted by Crippen LogP contribution is 2.43. The molecule has 0 aromatic heterocycles. The lowest BCUT2D eigenvalue weighted by atomic mass is 9.77. The molecule has 0 spiro atoms. The largest absolute Gasteiger partial charge is 0.494 e. The number of carbonyl (C=O) groups excluding carboxylic acids is 1. The van der Waals surface area contributed by atoms with Crippen molar-refractivity contribution in [3.63, 3.8) is 0 Å². The second kappa shape index (κ2) is 7.43. The Labute approximate surface area is 147 Å². The smallest absolute Gasteiger partial charge is 0.205 e. The number of unbranched alkanes of at least 4 members (excludes halogenated alkanes) is 1. The summed E-state index contributed by atoms with van der Waals surface area (Å²) in [7, 11) is 0. The average molecular weight is 338 g/mol. The molecule has 1 aromatic rings. The molecule has 1 aliphatic carbocycles. The minimum Gasteiger partial charge on any atom is -0.494 e. The van der Waals surface area contributed by atoms with Crippen molar-refractivity contribution in [2.75, 3.05) is 6.61 Å². The first-order chi connectivity index (χ1) is 12.2. The maximum Gasteiger partial charge on any atom is 0.205 e. The maximum absolute atomic E-state index is 12.5. The predicted octanol–water partition coefficient (Wildman–Crippen LogP) is 3.68. The number of carbonyl (C=O) groups is 1. The number of nitriles is 1. The summed E-state index contributed by atoms with van der Waals surface area (Å²) in [5, 5.41) is 9.54. The quantitative estimate of drug-likeness (QED) is 0.828. The molecule has 0 bridgehead atoms. The molecule has 5 nitrogen and oxygen atoms in total. The third kappa shape index (κ3) is 3.39. The van der Waals surface area contributed by atoms with Crippen molar-refractivity contribution in [2.24, 2.45) is 5.73 Å². The fourth-order valence-corrected chi connectivity index (χ4v) is 3.28. The number of allylic oxidation sites excluding steroid dienone is 3. The van der Waals surface area contributed by atoms with E-state index in [0.717, 1.165) is 30.6 Å². The van der Waals surface area contributed by atoms with Gasteiger partial charge in [-0.25, -0.2) is 0 Å². The van der Waals surface area contributed by atoms with Crippen LogP contribution in [0.3, 0.4) is 0 Å². The van der Waals surface area contributed by atoms with Gasteiger partial charge < -0.3 is 15.2 Å². The molecule has 1 aliphatic heterocycles. The van der Waals surface area contributed by atoms with Crippen molar-refractivity contribution in [3.05, 3.63) is 52.6 Å². The van der Waals surface area contributed by atoms with Crippen LogP contribution in [0.2, 0.25) is 0 Å². The van der Waals surface area contributed by atoms with Crippen LogP contribution < -0.4 is 10.5 Å². The molecule has 2 N–H and O–H groups in total. The molecule has 130 valence electrons. The van der Waals surface area contributed by atoms with Gasteiger partial charge in [-0.05, 0) is 30.5 Å². The first kappa shape index (κ1) is 17.1. The van der Waals surface area contributed by atoms with Gasteiger partial charge in [0.2, 0.25) is 5.88 Å². The zero-order chi connectivity index (χ0) is 17.8. The van der Waals surface area contributed by atoms with Crippen LogP contribution in [0.4, 0.5) is 0 Å². The molecule has 0 saturated carbocycles. The second-order valence-corrected chi connectivity index (χ2v) is 6.31. The van der Waals surface area contributed by atoms with E-state index < -0.39 is 5.92 Å². The topological polar surface area (TPSA) is 85.3 Å². The van der Waals surface area contributed by atoms with Crippen molar-refractivity contribution in [1.29, 1.82) is 5.26 Å². The van der Waals surface area contributed by atoms with Gasteiger partial charge in [-0.1, -0.05) is 25.5 Å². The molecule has 0 fully saturated rings. The van der Waals surface area contributed by atoms with E-state index in [1.165, 1.54) is 0 Å². The first-order valence-corrected chi connectivity index (χ1v) is 8.72. The van der Waals surface area contributed by atoms with E-state index in [2.05, 4.69) is 13.0 Å². The molecule has 1 aromatic carbocycles. The molecule has 0 saturated heterocycles. The summed E-state index contributed by atoms with van der Waals surface area (Å²) in [4.78, 5) is 12.5. The fraction of sp³-hybridized carbons (Fsp3) is 0.400. The van der Waals surface area contributed by atoms with E-state index >= 15 is 0 Å². The molecule has 1 heterocycles. The Morgan fingerprint density at radius 1 is 1.32 bits per heavy atom. The van der Waals surface area contributed by atoms with Gasteiger partial charge in [0, 0.05) is 18.4 Å².